The quantitative estimate of drug-likeness (QED) is 0.261. The van der Waals surface area contributed by atoms with Crippen molar-refractivity contribution in [3.8, 4) is 22.4 Å². The fraction of sp³-hybridized carbons (Fsp3) is 0.217. The van der Waals surface area contributed by atoms with Crippen LogP contribution in [0, 0.1) is 0 Å². The first-order valence-corrected chi connectivity index (χ1v) is 9.44. The Hall–Kier alpha value is -2.61. The van der Waals surface area contributed by atoms with Crippen molar-refractivity contribution in [1.82, 2.24) is 4.98 Å². The summed E-state index contributed by atoms with van der Waals surface area (Å²) in [6, 6.07) is 20.9. The van der Waals surface area contributed by atoms with Gasteiger partial charge in [0.2, 0.25) is 0 Å². The maximum atomic E-state index is 4.63. The van der Waals surface area contributed by atoms with Crippen LogP contribution in [0.15, 0.2) is 71.9 Å². The Labute approximate surface area is 160 Å². The predicted molar refractivity (Wildman–Crippen MR) is 113 cm³/mol. The van der Waals surface area contributed by atoms with E-state index in [0.717, 1.165) is 28.9 Å². The molecule has 0 unspecified atom stereocenters. The van der Waals surface area contributed by atoms with Gasteiger partial charge in [-0.05, 0) is 54.4 Å². The second-order valence-electron chi connectivity index (χ2n) is 6.34. The van der Waals surface area contributed by atoms with Crippen molar-refractivity contribution in [1.29, 1.82) is 0 Å². The first-order valence-electron chi connectivity index (χ1n) is 9.04. The van der Waals surface area contributed by atoms with Gasteiger partial charge in [-0.2, -0.15) is 4.99 Å². The fourth-order valence-electron chi connectivity index (χ4n) is 2.94. The molecule has 26 heavy (non-hydrogen) atoms. The number of pyridine rings is 1. The molecule has 0 aliphatic carbocycles. The van der Waals surface area contributed by atoms with Crippen LogP contribution >= 0.6 is 12.2 Å². The Bertz CT molecular complexity index is 875. The number of nitrogens with zero attached hydrogens (tertiary/aromatic N) is 2. The van der Waals surface area contributed by atoms with Crippen LogP contribution in [0.25, 0.3) is 22.4 Å². The van der Waals surface area contributed by atoms with E-state index >= 15 is 0 Å². The van der Waals surface area contributed by atoms with E-state index in [1.165, 1.54) is 30.4 Å². The zero-order valence-electron chi connectivity index (χ0n) is 15.0. The first kappa shape index (κ1) is 18.2. The minimum Gasteiger partial charge on any atom is -0.256 e. The van der Waals surface area contributed by atoms with Crippen molar-refractivity contribution < 1.29 is 0 Å². The number of hydrogen-bond donors (Lipinski definition) is 0. The third kappa shape index (κ3) is 4.72. The molecule has 2 nitrogen and oxygen atoms in total. The fourth-order valence-corrected chi connectivity index (χ4v) is 3.04. The molecule has 0 aliphatic heterocycles. The SMILES string of the molecule is CCCCCc1ccc(-c2ccc(-c3ccc(N=C=S)cc3)nc2)cc1. The molecular weight excluding hydrogens is 336 g/mol. The van der Waals surface area contributed by atoms with Gasteiger partial charge in [0.25, 0.3) is 0 Å². The highest BCUT2D eigenvalue weighted by Gasteiger charge is 2.03. The van der Waals surface area contributed by atoms with Gasteiger partial charge in [-0.1, -0.05) is 62.2 Å². The number of aromatic nitrogens is 1. The highest BCUT2D eigenvalue weighted by atomic mass is 32.1. The van der Waals surface area contributed by atoms with Crippen LogP contribution in [0.4, 0.5) is 5.69 Å². The largest absolute Gasteiger partial charge is 0.256 e. The molecule has 3 rings (SSSR count). The van der Waals surface area contributed by atoms with Crippen LogP contribution in [0.2, 0.25) is 0 Å². The van der Waals surface area contributed by atoms with E-state index in [-0.39, 0.29) is 0 Å². The summed E-state index contributed by atoms with van der Waals surface area (Å²) in [5.74, 6) is 0. The normalized spacial score (nSPS) is 10.3. The topological polar surface area (TPSA) is 25.2 Å². The minimum absolute atomic E-state index is 0.805. The molecular formula is C23H22N2S. The molecule has 0 radical (unpaired) electrons. The molecule has 0 saturated carbocycles. The third-order valence-corrected chi connectivity index (χ3v) is 4.55. The molecule has 0 saturated heterocycles. The van der Waals surface area contributed by atoms with Gasteiger partial charge in [0.15, 0.2) is 0 Å². The number of thiocarbonyl (C=S) groups is 1. The summed E-state index contributed by atoms with van der Waals surface area (Å²) in [6.07, 6.45) is 6.92. The zero-order valence-corrected chi connectivity index (χ0v) is 15.8. The molecule has 0 aliphatic rings. The van der Waals surface area contributed by atoms with Crippen molar-refractivity contribution in [2.45, 2.75) is 32.6 Å². The van der Waals surface area contributed by atoms with Gasteiger partial charge in [0.05, 0.1) is 16.5 Å². The molecule has 0 spiro atoms. The number of aryl methyl sites for hydroxylation is 1. The molecule has 0 amide bonds. The van der Waals surface area contributed by atoms with Gasteiger partial charge in [0.1, 0.15) is 0 Å². The average molecular weight is 359 g/mol. The van der Waals surface area contributed by atoms with Crippen molar-refractivity contribution >= 4 is 23.1 Å². The Morgan fingerprint density at radius 2 is 1.54 bits per heavy atom. The van der Waals surface area contributed by atoms with Crippen LogP contribution in [0.1, 0.15) is 31.7 Å². The van der Waals surface area contributed by atoms with Gasteiger partial charge in [0, 0.05) is 17.3 Å². The Morgan fingerprint density at radius 1 is 0.846 bits per heavy atom. The van der Waals surface area contributed by atoms with E-state index in [2.05, 4.69) is 70.7 Å². The molecule has 3 aromatic rings. The number of aliphatic imine (C=N–C) groups is 1. The third-order valence-electron chi connectivity index (χ3n) is 4.46. The van der Waals surface area contributed by atoms with Crippen LogP contribution < -0.4 is 0 Å². The van der Waals surface area contributed by atoms with Crippen LogP contribution in [0.3, 0.4) is 0 Å². The lowest BCUT2D eigenvalue weighted by Crippen LogP contribution is -1.87. The minimum atomic E-state index is 0.805. The van der Waals surface area contributed by atoms with Crippen molar-refractivity contribution in [2.24, 2.45) is 4.99 Å². The molecule has 3 heteroatoms. The monoisotopic (exact) mass is 358 g/mol. The van der Waals surface area contributed by atoms with Gasteiger partial charge in [-0.15, -0.1) is 0 Å². The van der Waals surface area contributed by atoms with Crippen LogP contribution in [0.5, 0.6) is 0 Å². The molecule has 0 atom stereocenters. The van der Waals surface area contributed by atoms with E-state index in [4.69, 9.17) is 0 Å². The van der Waals surface area contributed by atoms with E-state index < -0.39 is 0 Å². The van der Waals surface area contributed by atoms with Crippen molar-refractivity contribution in [2.75, 3.05) is 0 Å². The molecule has 130 valence electrons. The predicted octanol–water partition coefficient (Wildman–Crippen LogP) is 6.88. The molecule has 0 bridgehead atoms. The zero-order chi connectivity index (χ0) is 18.2. The molecule has 1 heterocycles. The molecule has 2 aromatic carbocycles. The van der Waals surface area contributed by atoms with Gasteiger partial charge in [-0.25, -0.2) is 0 Å². The average Bonchev–Trinajstić information content (AvgIpc) is 2.70. The molecule has 1 aromatic heterocycles. The molecule has 0 N–H and O–H groups in total. The Balaban J connectivity index is 1.71. The van der Waals surface area contributed by atoms with Crippen LogP contribution in [-0.2, 0) is 6.42 Å². The Kier molecular flexibility index (Phi) is 6.43. The number of benzene rings is 2. The summed E-state index contributed by atoms with van der Waals surface area (Å²) in [7, 11) is 0. The first-order chi connectivity index (χ1) is 12.8. The van der Waals surface area contributed by atoms with E-state index in [0.29, 0.717) is 0 Å². The lowest BCUT2D eigenvalue weighted by molar-refractivity contribution is 0.717. The standard InChI is InChI=1S/C23H22N2S/c1-2-3-4-5-18-6-8-19(9-7-18)21-12-15-23(24-16-21)20-10-13-22(14-11-20)25-17-26/h6-16H,2-5H2,1H3. The Morgan fingerprint density at radius 3 is 2.15 bits per heavy atom. The summed E-state index contributed by atoms with van der Waals surface area (Å²) in [5.41, 5.74) is 6.56. The number of rotatable bonds is 7. The second kappa shape index (κ2) is 9.19. The maximum absolute atomic E-state index is 4.63. The highest BCUT2D eigenvalue weighted by Crippen LogP contribution is 2.24. The lowest BCUT2D eigenvalue weighted by atomic mass is 10.0. The summed E-state index contributed by atoms with van der Waals surface area (Å²) >= 11 is 4.63. The van der Waals surface area contributed by atoms with Crippen LogP contribution in [-0.4, -0.2) is 10.1 Å². The second-order valence-corrected chi connectivity index (χ2v) is 6.52. The van der Waals surface area contributed by atoms with Crippen molar-refractivity contribution in [3.05, 3.63) is 72.4 Å². The number of unbranched alkanes of at least 4 members (excludes halogenated alkanes) is 2. The smallest absolute Gasteiger partial charge is 0.0740 e. The molecule has 0 fully saturated rings. The summed E-state index contributed by atoms with van der Waals surface area (Å²) in [4.78, 5) is 8.59. The van der Waals surface area contributed by atoms with Gasteiger partial charge in [-0.3, -0.25) is 4.98 Å². The van der Waals surface area contributed by atoms with Crippen molar-refractivity contribution in [3.63, 3.8) is 0 Å². The summed E-state index contributed by atoms with van der Waals surface area (Å²) < 4.78 is 0. The van der Waals surface area contributed by atoms with E-state index in [9.17, 15) is 0 Å². The van der Waals surface area contributed by atoms with E-state index in [1.807, 2.05) is 30.5 Å². The number of hydrogen-bond acceptors (Lipinski definition) is 3. The lowest BCUT2D eigenvalue weighted by Gasteiger charge is -2.06. The number of isothiocyanates is 1. The van der Waals surface area contributed by atoms with Gasteiger partial charge < -0.3 is 0 Å². The van der Waals surface area contributed by atoms with Gasteiger partial charge >= 0.3 is 0 Å². The maximum Gasteiger partial charge on any atom is 0.0740 e. The van der Waals surface area contributed by atoms with E-state index in [1.54, 1.807) is 0 Å². The summed E-state index contributed by atoms with van der Waals surface area (Å²) in [6.45, 7) is 2.24. The highest BCUT2D eigenvalue weighted by molar-refractivity contribution is 7.78. The summed E-state index contributed by atoms with van der Waals surface area (Å²) in [5, 5.41) is 2.38.